The third kappa shape index (κ3) is 3.47. The average molecular weight is 281 g/mol. The number of nitrogens with zero attached hydrogens (tertiary/aromatic N) is 1. The van der Waals surface area contributed by atoms with Crippen molar-refractivity contribution in [2.24, 2.45) is 5.92 Å². The van der Waals surface area contributed by atoms with Gasteiger partial charge in [-0.1, -0.05) is 39.3 Å². The number of halogens is 1. The molecule has 0 atom stereocenters. The standard InChI is InChI=1S/C15H21ClN2O/c1-9-5-11(6-9)17-14(19)10-7-12(15(2,3)4)18-13(16)8-10/h7-9,11H,5-6H2,1-4H3,(H,17,19). The molecule has 1 aromatic rings. The lowest BCUT2D eigenvalue weighted by molar-refractivity contribution is 0.0896. The van der Waals surface area contributed by atoms with Crippen LogP contribution in [0, 0.1) is 5.92 Å². The third-order valence-corrected chi connectivity index (χ3v) is 3.73. The van der Waals surface area contributed by atoms with Crippen molar-refractivity contribution < 1.29 is 4.79 Å². The second-order valence-electron chi connectivity index (χ2n) is 6.56. The summed E-state index contributed by atoms with van der Waals surface area (Å²) in [5, 5.41) is 3.42. The lowest BCUT2D eigenvalue weighted by Crippen LogP contribution is -2.43. The SMILES string of the molecule is CC1CC(NC(=O)c2cc(Cl)nc(C(C)(C)C)c2)C1. The molecular weight excluding hydrogens is 260 g/mol. The Labute approximate surface area is 119 Å². The highest BCUT2D eigenvalue weighted by molar-refractivity contribution is 6.29. The molecular formula is C15H21ClN2O. The first-order valence-corrected chi connectivity index (χ1v) is 7.12. The molecule has 2 rings (SSSR count). The van der Waals surface area contributed by atoms with Crippen LogP contribution in [0.3, 0.4) is 0 Å². The van der Waals surface area contributed by atoms with Crippen LogP contribution < -0.4 is 5.32 Å². The highest BCUT2D eigenvalue weighted by Gasteiger charge is 2.27. The van der Waals surface area contributed by atoms with Crippen LogP contribution in [-0.4, -0.2) is 16.9 Å². The van der Waals surface area contributed by atoms with Gasteiger partial charge in [0.15, 0.2) is 0 Å². The van der Waals surface area contributed by atoms with Gasteiger partial charge >= 0.3 is 0 Å². The number of aromatic nitrogens is 1. The largest absolute Gasteiger partial charge is 0.349 e. The first kappa shape index (κ1) is 14.3. The fourth-order valence-corrected chi connectivity index (χ4v) is 2.51. The Morgan fingerprint density at radius 1 is 1.37 bits per heavy atom. The molecule has 0 spiro atoms. The minimum atomic E-state index is -0.120. The lowest BCUT2D eigenvalue weighted by Gasteiger charge is -2.33. The topological polar surface area (TPSA) is 42.0 Å². The summed E-state index contributed by atoms with van der Waals surface area (Å²) in [5.74, 6) is 0.670. The van der Waals surface area contributed by atoms with E-state index in [9.17, 15) is 4.79 Å². The molecule has 1 aromatic heterocycles. The zero-order valence-electron chi connectivity index (χ0n) is 12.0. The molecule has 1 fully saturated rings. The summed E-state index contributed by atoms with van der Waals surface area (Å²) < 4.78 is 0. The predicted octanol–water partition coefficient (Wildman–Crippen LogP) is 3.56. The van der Waals surface area contributed by atoms with Crippen LogP contribution in [-0.2, 0) is 5.41 Å². The van der Waals surface area contributed by atoms with E-state index in [1.165, 1.54) is 0 Å². The number of hydrogen-bond donors (Lipinski definition) is 1. The van der Waals surface area contributed by atoms with Crippen molar-refractivity contribution in [1.82, 2.24) is 10.3 Å². The molecule has 4 heteroatoms. The second-order valence-corrected chi connectivity index (χ2v) is 6.95. The van der Waals surface area contributed by atoms with Crippen molar-refractivity contribution >= 4 is 17.5 Å². The van der Waals surface area contributed by atoms with E-state index in [1.54, 1.807) is 6.07 Å². The Morgan fingerprint density at radius 2 is 2.00 bits per heavy atom. The van der Waals surface area contributed by atoms with Crippen LogP contribution in [0.2, 0.25) is 5.15 Å². The van der Waals surface area contributed by atoms with Crippen molar-refractivity contribution in [3.63, 3.8) is 0 Å². The van der Waals surface area contributed by atoms with Gasteiger partial charge in [-0.05, 0) is 30.9 Å². The van der Waals surface area contributed by atoms with Crippen molar-refractivity contribution in [2.75, 3.05) is 0 Å². The highest BCUT2D eigenvalue weighted by Crippen LogP contribution is 2.27. The van der Waals surface area contributed by atoms with Gasteiger partial charge in [0.25, 0.3) is 5.91 Å². The van der Waals surface area contributed by atoms with E-state index in [2.05, 4.69) is 38.0 Å². The molecule has 3 nitrogen and oxygen atoms in total. The van der Waals surface area contributed by atoms with Gasteiger partial charge in [-0.3, -0.25) is 4.79 Å². The van der Waals surface area contributed by atoms with Gasteiger partial charge in [-0.2, -0.15) is 0 Å². The molecule has 0 saturated heterocycles. The van der Waals surface area contributed by atoms with Gasteiger partial charge in [0.1, 0.15) is 5.15 Å². The first-order valence-electron chi connectivity index (χ1n) is 6.74. The predicted molar refractivity (Wildman–Crippen MR) is 77.6 cm³/mol. The minimum absolute atomic E-state index is 0.0494. The minimum Gasteiger partial charge on any atom is -0.349 e. The molecule has 1 N–H and O–H groups in total. The van der Waals surface area contributed by atoms with E-state index >= 15 is 0 Å². The summed E-state index contributed by atoms with van der Waals surface area (Å²) in [6.07, 6.45) is 2.13. The van der Waals surface area contributed by atoms with Gasteiger partial charge in [0.2, 0.25) is 0 Å². The number of carbonyl (C=O) groups is 1. The monoisotopic (exact) mass is 280 g/mol. The number of rotatable bonds is 2. The molecule has 0 aliphatic heterocycles. The maximum absolute atomic E-state index is 12.2. The van der Waals surface area contributed by atoms with Gasteiger partial charge in [0.05, 0.1) is 0 Å². The van der Waals surface area contributed by atoms with Crippen LogP contribution in [0.5, 0.6) is 0 Å². The molecule has 19 heavy (non-hydrogen) atoms. The van der Waals surface area contributed by atoms with Crippen LogP contribution in [0.1, 0.15) is 56.6 Å². The highest BCUT2D eigenvalue weighted by atomic mass is 35.5. The first-order chi connectivity index (χ1) is 8.75. The van der Waals surface area contributed by atoms with Gasteiger partial charge in [-0.15, -0.1) is 0 Å². The van der Waals surface area contributed by atoms with E-state index in [4.69, 9.17) is 11.6 Å². The van der Waals surface area contributed by atoms with Crippen LogP contribution >= 0.6 is 11.6 Å². The molecule has 1 saturated carbocycles. The molecule has 0 bridgehead atoms. The summed E-state index contributed by atoms with van der Waals surface area (Å²) in [6.45, 7) is 8.37. The van der Waals surface area contributed by atoms with Crippen molar-refractivity contribution in [2.45, 2.75) is 52.0 Å². The Morgan fingerprint density at radius 3 is 2.53 bits per heavy atom. The van der Waals surface area contributed by atoms with Gasteiger partial charge in [-0.25, -0.2) is 4.98 Å². The molecule has 0 aromatic carbocycles. The normalized spacial score (nSPS) is 22.8. The van der Waals surface area contributed by atoms with E-state index in [1.807, 2.05) is 6.07 Å². The summed E-state index contributed by atoms with van der Waals surface area (Å²) >= 11 is 6.02. The molecule has 1 aliphatic carbocycles. The number of carbonyl (C=O) groups excluding carboxylic acids is 1. The van der Waals surface area contributed by atoms with Crippen LogP contribution in [0.4, 0.5) is 0 Å². The Bertz CT molecular complexity index is 487. The lowest BCUT2D eigenvalue weighted by atomic mass is 9.82. The molecule has 1 heterocycles. The maximum atomic E-state index is 12.2. The molecule has 1 amide bonds. The summed E-state index contributed by atoms with van der Waals surface area (Å²) in [6, 6.07) is 3.78. The second kappa shape index (κ2) is 5.12. The van der Waals surface area contributed by atoms with E-state index in [-0.39, 0.29) is 11.3 Å². The quantitative estimate of drug-likeness (QED) is 0.842. The Hall–Kier alpha value is -1.09. The van der Waals surface area contributed by atoms with Crippen molar-refractivity contribution in [3.8, 4) is 0 Å². The Balaban J connectivity index is 2.15. The smallest absolute Gasteiger partial charge is 0.251 e. The number of nitrogens with one attached hydrogen (secondary N) is 1. The number of amides is 1. The van der Waals surface area contributed by atoms with Crippen LogP contribution in [0.15, 0.2) is 12.1 Å². The molecule has 1 aliphatic rings. The maximum Gasteiger partial charge on any atom is 0.251 e. The average Bonchev–Trinajstić information content (AvgIpc) is 2.24. The summed E-state index contributed by atoms with van der Waals surface area (Å²) in [7, 11) is 0. The van der Waals surface area contributed by atoms with Crippen molar-refractivity contribution in [1.29, 1.82) is 0 Å². The molecule has 0 radical (unpaired) electrons. The number of hydrogen-bond acceptors (Lipinski definition) is 2. The zero-order chi connectivity index (χ0) is 14.2. The van der Waals surface area contributed by atoms with E-state index in [0.29, 0.717) is 16.8 Å². The van der Waals surface area contributed by atoms with E-state index < -0.39 is 0 Å². The fraction of sp³-hybridized carbons (Fsp3) is 0.600. The zero-order valence-corrected chi connectivity index (χ0v) is 12.7. The molecule has 0 unspecified atom stereocenters. The fourth-order valence-electron chi connectivity index (χ4n) is 2.30. The van der Waals surface area contributed by atoms with Crippen LogP contribution in [0.25, 0.3) is 0 Å². The Kier molecular flexibility index (Phi) is 3.86. The molecule has 104 valence electrons. The summed E-state index contributed by atoms with van der Waals surface area (Å²) in [4.78, 5) is 16.5. The summed E-state index contributed by atoms with van der Waals surface area (Å²) in [5.41, 5.74) is 1.32. The van der Waals surface area contributed by atoms with Crippen molar-refractivity contribution in [3.05, 3.63) is 28.5 Å². The number of pyridine rings is 1. The van der Waals surface area contributed by atoms with E-state index in [0.717, 1.165) is 24.5 Å². The van der Waals surface area contributed by atoms with Gasteiger partial charge < -0.3 is 5.32 Å². The third-order valence-electron chi connectivity index (χ3n) is 3.53. The van der Waals surface area contributed by atoms with Gasteiger partial charge in [0, 0.05) is 22.7 Å².